The van der Waals surface area contributed by atoms with Crippen LogP contribution in [0.1, 0.15) is 28.5 Å². The Morgan fingerprint density at radius 2 is 2.06 bits per heavy atom. The van der Waals surface area contributed by atoms with Crippen molar-refractivity contribution in [3.05, 3.63) is 117 Å². The summed E-state index contributed by atoms with van der Waals surface area (Å²) in [6, 6.07) is 16.0. The maximum absolute atomic E-state index is 5.97. The van der Waals surface area contributed by atoms with Gasteiger partial charge in [-0.05, 0) is 48.2 Å². The second-order valence-electron chi connectivity index (χ2n) is 7.66. The summed E-state index contributed by atoms with van der Waals surface area (Å²) < 4.78 is 0.890. The monoisotopic (exact) mass is 476 g/mol. The maximum Gasteiger partial charge on any atom is 0.0934 e. The fourth-order valence-corrected chi connectivity index (χ4v) is 4.77. The third-order valence-corrected chi connectivity index (χ3v) is 6.51. The Morgan fingerprint density at radius 3 is 2.73 bits per heavy atom. The van der Waals surface area contributed by atoms with Gasteiger partial charge in [0.2, 0.25) is 0 Å². The van der Waals surface area contributed by atoms with Gasteiger partial charge in [-0.1, -0.05) is 61.2 Å². The lowest BCUT2D eigenvalue weighted by molar-refractivity contribution is 0.338. The van der Waals surface area contributed by atoms with Gasteiger partial charge in [-0.3, -0.25) is 9.98 Å². The van der Waals surface area contributed by atoms with E-state index < -0.39 is 0 Å². The van der Waals surface area contributed by atoms with Gasteiger partial charge in [0.25, 0.3) is 0 Å². The lowest BCUT2D eigenvalue weighted by Crippen LogP contribution is -2.27. The van der Waals surface area contributed by atoms with Gasteiger partial charge < -0.3 is 10.6 Å². The van der Waals surface area contributed by atoms with Crippen LogP contribution in [0.2, 0.25) is 4.34 Å². The lowest BCUT2D eigenvalue weighted by atomic mass is 10.1. The van der Waals surface area contributed by atoms with Crippen LogP contribution in [0.3, 0.4) is 0 Å². The van der Waals surface area contributed by atoms with Crippen molar-refractivity contribution in [2.24, 2.45) is 10.7 Å². The summed E-state index contributed by atoms with van der Waals surface area (Å²) in [7, 11) is 0. The molecule has 6 heteroatoms. The number of halogens is 1. The predicted octanol–water partition coefficient (Wildman–Crippen LogP) is 6.50. The Morgan fingerprint density at radius 1 is 1.27 bits per heavy atom. The number of nitrogens with zero attached hydrogens (tertiary/aromatic N) is 3. The molecule has 0 bridgehead atoms. The van der Waals surface area contributed by atoms with E-state index in [1.165, 1.54) is 10.4 Å². The first-order valence-corrected chi connectivity index (χ1v) is 11.9. The zero-order valence-corrected chi connectivity index (χ0v) is 20.4. The second-order valence-corrected chi connectivity index (χ2v) is 9.43. The van der Waals surface area contributed by atoms with Gasteiger partial charge in [0.15, 0.2) is 0 Å². The highest BCUT2D eigenvalue weighted by atomic mass is 35.5. The number of hydrogen-bond acceptors (Lipinski definition) is 5. The third kappa shape index (κ3) is 7.17. The minimum absolute atomic E-state index is 0.609. The van der Waals surface area contributed by atoms with E-state index in [4.69, 9.17) is 17.3 Å². The van der Waals surface area contributed by atoms with Gasteiger partial charge in [-0.2, -0.15) is 0 Å². The zero-order valence-electron chi connectivity index (χ0n) is 18.9. The molecule has 0 unspecified atom stereocenters. The first-order valence-electron chi connectivity index (χ1n) is 10.7. The minimum Gasteiger partial charge on any atom is -0.402 e. The van der Waals surface area contributed by atoms with Crippen LogP contribution in [0.5, 0.6) is 0 Å². The fraction of sp³-hybridized carbons (Fsp3) is 0.185. The molecule has 0 radical (unpaired) electrons. The van der Waals surface area contributed by atoms with Gasteiger partial charge in [-0.25, -0.2) is 0 Å². The summed E-state index contributed by atoms with van der Waals surface area (Å²) in [5.74, 6) is 0. The molecule has 0 fully saturated rings. The summed E-state index contributed by atoms with van der Waals surface area (Å²) in [6.45, 7) is 12.1. The molecule has 0 saturated carbocycles. The largest absolute Gasteiger partial charge is 0.402 e. The summed E-state index contributed by atoms with van der Waals surface area (Å²) in [6.07, 6.45) is 8.27. The Balaban J connectivity index is 0.000000194. The van der Waals surface area contributed by atoms with E-state index in [0.29, 0.717) is 6.54 Å². The SMILES string of the molecule is C/C(N)=C(/C=NCc1cccnc1)c1ccccc1.C=CC(=C)N1CCc2cc(Cl)sc2C1. The number of benzene rings is 1. The number of aromatic nitrogens is 1. The smallest absolute Gasteiger partial charge is 0.0934 e. The summed E-state index contributed by atoms with van der Waals surface area (Å²) >= 11 is 7.64. The number of hydrogen-bond donors (Lipinski definition) is 1. The Kier molecular flexibility index (Phi) is 9.04. The highest BCUT2D eigenvalue weighted by Gasteiger charge is 2.18. The van der Waals surface area contributed by atoms with Crippen LogP contribution in [0.4, 0.5) is 0 Å². The molecule has 0 aliphatic carbocycles. The van der Waals surface area contributed by atoms with Gasteiger partial charge in [0, 0.05) is 47.0 Å². The molecule has 0 amide bonds. The highest BCUT2D eigenvalue weighted by molar-refractivity contribution is 7.16. The van der Waals surface area contributed by atoms with Crippen molar-refractivity contribution in [1.82, 2.24) is 9.88 Å². The topological polar surface area (TPSA) is 54.5 Å². The van der Waals surface area contributed by atoms with Crippen LogP contribution < -0.4 is 5.73 Å². The first kappa shape index (κ1) is 24.5. The van der Waals surface area contributed by atoms with Crippen molar-refractivity contribution in [2.75, 3.05) is 6.54 Å². The van der Waals surface area contributed by atoms with Crippen LogP contribution in [0.15, 0.2) is 96.5 Å². The normalized spacial score (nSPS) is 13.6. The lowest BCUT2D eigenvalue weighted by Gasteiger charge is -2.28. The number of rotatable bonds is 6. The number of pyridine rings is 1. The molecule has 2 aromatic heterocycles. The summed E-state index contributed by atoms with van der Waals surface area (Å²) in [4.78, 5) is 12.1. The summed E-state index contributed by atoms with van der Waals surface area (Å²) in [5, 5.41) is 0. The van der Waals surface area contributed by atoms with E-state index in [2.05, 4.69) is 34.1 Å². The number of aliphatic imine (C=N–C) groups is 1. The Bertz CT molecular complexity index is 1130. The van der Waals surface area contributed by atoms with E-state index in [-0.39, 0.29) is 0 Å². The molecule has 170 valence electrons. The van der Waals surface area contributed by atoms with Gasteiger partial charge >= 0.3 is 0 Å². The average Bonchev–Trinajstić information content (AvgIpc) is 3.22. The molecule has 33 heavy (non-hydrogen) atoms. The molecular formula is C27H29ClN4S. The maximum atomic E-state index is 5.97. The van der Waals surface area contributed by atoms with Crippen LogP contribution >= 0.6 is 22.9 Å². The molecule has 3 heterocycles. The van der Waals surface area contributed by atoms with Gasteiger partial charge in [-0.15, -0.1) is 11.3 Å². The van der Waals surface area contributed by atoms with E-state index in [9.17, 15) is 0 Å². The van der Waals surface area contributed by atoms with E-state index in [0.717, 1.165) is 51.9 Å². The van der Waals surface area contributed by atoms with Gasteiger partial charge in [0.05, 0.1) is 17.4 Å². The first-order chi connectivity index (χ1) is 16.0. The molecule has 3 aromatic rings. The molecule has 0 saturated heterocycles. The molecule has 1 aliphatic heterocycles. The van der Waals surface area contributed by atoms with Crippen LogP contribution in [0.25, 0.3) is 5.57 Å². The van der Waals surface area contributed by atoms with Gasteiger partial charge in [0.1, 0.15) is 0 Å². The van der Waals surface area contributed by atoms with Crippen molar-refractivity contribution < 1.29 is 0 Å². The number of nitrogens with two attached hydrogens (primary N) is 1. The Hall–Kier alpha value is -3.15. The molecule has 4 nitrogen and oxygen atoms in total. The van der Waals surface area contributed by atoms with E-state index in [1.807, 2.05) is 61.8 Å². The van der Waals surface area contributed by atoms with Crippen LogP contribution in [-0.2, 0) is 19.5 Å². The number of thiophene rings is 1. The highest BCUT2D eigenvalue weighted by Crippen LogP contribution is 2.32. The molecule has 2 N–H and O–H groups in total. The van der Waals surface area contributed by atoms with Crippen LogP contribution in [0, 0.1) is 0 Å². The second kappa shape index (κ2) is 12.2. The van der Waals surface area contributed by atoms with Crippen molar-refractivity contribution in [1.29, 1.82) is 0 Å². The quantitative estimate of drug-likeness (QED) is 0.326. The van der Waals surface area contributed by atoms with E-state index in [1.54, 1.807) is 23.6 Å². The molecule has 1 aliphatic rings. The van der Waals surface area contributed by atoms with Crippen molar-refractivity contribution in [2.45, 2.75) is 26.4 Å². The zero-order chi connectivity index (χ0) is 23.6. The molecule has 1 aromatic carbocycles. The predicted molar refractivity (Wildman–Crippen MR) is 142 cm³/mol. The average molecular weight is 477 g/mol. The number of allylic oxidation sites excluding steroid dienone is 3. The molecule has 0 spiro atoms. The molecule has 4 rings (SSSR count). The fourth-order valence-electron chi connectivity index (χ4n) is 3.41. The number of fused-ring (bicyclic) bond motifs is 1. The molecular weight excluding hydrogens is 448 g/mol. The third-order valence-electron chi connectivity index (χ3n) is 5.22. The van der Waals surface area contributed by atoms with Crippen molar-refractivity contribution >= 4 is 34.7 Å². The van der Waals surface area contributed by atoms with Crippen molar-refractivity contribution in [3.63, 3.8) is 0 Å². The summed E-state index contributed by atoms with van der Waals surface area (Å²) in [5.41, 5.74) is 12.2. The van der Waals surface area contributed by atoms with Crippen molar-refractivity contribution in [3.8, 4) is 0 Å². The van der Waals surface area contributed by atoms with E-state index >= 15 is 0 Å². The minimum atomic E-state index is 0.609. The molecule has 0 atom stereocenters. The standard InChI is InChI=1S/C16H17N3.C11H12ClNS/c1-13(17)16(15-7-3-2-4-8-15)12-19-11-14-6-5-9-18-10-14;1-3-8(2)13-5-4-9-6-11(12)14-10(9)7-13/h2-10,12H,11,17H2,1H3;3,6H,1-2,4-5,7H2/b16-13+,19-12?;. The van der Waals surface area contributed by atoms with Crippen LogP contribution in [-0.4, -0.2) is 22.6 Å². The Labute approximate surface area is 205 Å².